The first-order chi connectivity index (χ1) is 8.86. The molecule has 2 aromatic heterocycles. The molecule has 0 atom stereocenters. The van der Waals surface area contributed by atoms with E-state index in [1.165, 1.54) is 0 Å². The Bertz CT molecular complexity index is 514. The fourth-order valence-electron chi connectivity index (χ4n) is 2.45. The van der Waals surface area contributed by atoms with Crippen LogP contribution >= 0.6 is 0 Å². The zero-order valence-corrected chi connectivity index (χ0v) is 10.6. The molecular formula is C12H18N6. The number of nitrogens with zero attached hydrogens (tertiary/aromatic N) is 5. The van der Waals surface area contributed by atoms with E-state index in [4.69, 9.17) is 0 Å². The van der Waals surface area contributed by atoms with Crippen molar-refractivity contribution in [3.05, 3.63) is 18.7 Å². The van der Waals surface area contributed by atoms with Crippen molar-refractivity contribution in [3.8, 4) is 0 Å². The number of aromatic nitrogens is 4. The van der Waals surface area contributed by atoms with E-state index in [2.05, 4.69) is 32.3 Å². The molecule has 1 saturated heterocycles. The molecular weight excluding hydrogens is 228 g/mol. The Balaban J connectivity index is 1.71. The van der Waals surface area contributed by atoms with Crippen molar-refractivity contribution >= 4 is 11.5 Å². The maximum Gasteiger partial charge on any atom is 0.203 e. The van der Waals surface area contributed by atoms with Crippen molar-refractivity contribution < 1.29 is 0 Å². The first kappa shape index (κ1) is 11.4. The van der Waals surface area contributed by atoms with E-state index >= 15 is 0 Å². The van der Waals surface area contributed by atoms with Crippen molar-refractivity contribution in [2.24, 2.45) is 0 Å². The zero-order chi connectivity index (χ0) is 12.4. The van der Waals surface area contributed by atoms with Crippen LogP contribution in [-0.4, -0.2) is 50.2 Å². The van der Waals surface area contributed by atoms with Gasteiger partial charge in [-0.25, -0.2) is 4.98 Å². The normalized spacial score (nSPS) is 18.3. The lowest BCUT2D eigenvalue weighted by Crippen LogP contribution is -2.39. The van der Waals surface area contributed by atoms with Crippen molar-refractivity contribution in [2.45, 2.75) is 25.8 Å². The third kappa shape index (κ3) is 2.15. The molecule has 0 aliphatic carbocycles. The first-order valence-electron chi connectivity index (χ1n) is 6.50. The summed E-state index contributed by atoms with van der Waals surface area (Å²) in [4.78, 5) is 6.84. The highest BCUT2D eigenvalue weighted by Gasteiger charge is 2.19. The number of likely N-dealkylation sites (tertiary alicyclic amines) is 1. The number of hydrogen-bond acceptors (Lipinski definition) is 5. The molecule has 1 aliphatic heterocycles. The lowest BCUT2D eigenvalue weighted by Gasteiger charge is -2.31. The molecule has 0 radical (unpaired) electrons. The summed E-state index contributed by atoms with van der Waals surface area (Å²) in [6.07, 6.45) is 7.65. The lowest BCUT2D eigenvalue weighted by atomic mass is 10.1. The summed E-state index contributed by atoms with van der Waals surface area (Å²) in [5, 5.41) is 11.5. The van der Waals surface area contributed by atoms with Gasteiger partial charge in [0, 0.05) is 31.5 Å². The van der Waals surface area contributed by atoms with E-state index in [1.54, 1.807) is 12.5 Å². The van der Waals surface area contributed by atoms with Gasteiger partial charge >= 0.3 is 0 Å². The van der Waals surface area contributed by atoms with Crippen LogP contribution in [-0.2, 0) is 0 Å². The van der Waals surface area contributed by atoms with Crippen molar-refractivity contribution in [2.75, 3.05) is 25.0 Å². The standard InChI is InChI=1S/C12H18N6/c1-2-17-6-3-10(4-7-17)15-11-12-16-14-9-18(12)8-5-13-11/h5,8-10H,2-4,6-7H2,1H3,(H,13,15). The smallest absolute Gasteiger partial charge is 0.203 e. The molecule has 0 bridgehead atoms. The van der Waals surface area contributed by atoms with Crippen LogP contribution in [0.4, 0.5) is 5.82 Å². The molecule has 1 N–H and O–H groups in total. The average Bonchev–Trinajstić information content (AvgIpc) is 2.89. The quantitative estimate of drug-likeness (QED) is 0.876. The van der Waals surface area contributed by atoms with E-state index in [0.717, 1.165) is 43.9 Å². The van der Waals surface area contributed by atoms with Gasteiger partial charge < -0.3 is 10.2 Å². The molecule has 2 aromatic rings. The Morgan fingerprint density at radius 3 is 3.00 bits per heavy atom. The van der Waals surface area contributed by atoms with Crippen LogP contribution in [0.25, 0.3) is 5.65 Å². The Hall–Kier alpha value is -1.69. The Morgan fingerprint density at radius 2 is 2.22 bits per heavy atom. The Morgan fingerprint density at radius 1 is 1.39 bits per heavy atom. The molecule has 6 nitrogen and oxygen atoms in total. The predicted molar refractivity (Wildman–Crippen MR) is 69.5 cm³/mol. The summed E-state index contributed by atoms with van der Waals surface area (Å²) >= 11 is 0. The maximum atomic E-state index is 4.36. The van der Waals surface area contributed by atoms with Crippen LogP contribution < -0.4 is 5.32 Å². The summed E-state index contributed by atoms with van der Waals surface area (Å²) in [6, 6.07) is 0.489. The van der Waals surface area contributed by atoms with Gasteiger partial charge in [0.1, 0.15) is 6.33 Å². The second-order valence-corrected chi connectivity index (χ2v) is 4.69. The minimum atomic E-state index is 0.489. The van der Waals surface area contributed by atoms with Gasteiger partial charge in [-0.3, -0.25) is 4.40 Å². The maximum absolute atomic E-state index is 4.36. The van der Waals surface area contributed by atoms with Crippen LogP contribution in [0, 0.1) is 0 Å². The van der Waals surface area contributed by atoms with Crippen molar-refractivity contribution in [3.63, 3.8) is 0 Å². The van der Waals surface area contributed by atoms with E-state index in [1.807, 2.05) is 10.6 Å². The Kier molecular flexibility index (Phi) is 3.10. The predicted octanol–water partition coefficient (Wildman–Crippen LogP) is 1.02. The second kappa shape index (κ2) is 4.89. The molecule has 1 fully saturated rings. The van der Waals surface area contributed by atoms with Crippen LogP contribution in [0.5, 0.6) is 0 Å². The summed E-state index contributed by atoms with van der Waals surface area (Å²) in [5.74, 6) is 0.838. The van der Waals surface area contributed by atoms with E-state index in [9.17, 15) is 0 Å². The molecule has 3 heterocycles. The lowest BCUT2D eigenvalue weighted by molar-refractivity contribution is 0.229. The topological polar surface area (TPSA) is 58.4 Å². The number of rotatable bonds is 3. The zero-order valence-electron chi connectivity index (χ0n) is 10.6. The molecule has 0 unspecified atom stereocenters. The molecule has 0 amide bonds. The number of hydrogen-bond donors (Lipinski definition) is 1. The highest BCUT2D eigenvalue weighted by molar-refractivity contribution is 5.61. The van der Waals surface area contributed by atoms with Crippen molar-refractivity contribution in [1.82, 2.24) is 24.5 Å². The number of anilines is 1. The molecule has 3 rings (SSSR count). The fraction of sp³-hybridized carbons (Fsp3) is 0.583. The fourth-order valence-corrected chi connectivity index (χ4v) is 2.45. The molecule has 1 aliphatic rings. The van der Waals surface area contributed by atoms with Gasteiger partial charge in [0.15, 0.2) is 5.82 Å². The van der Waals surface area contributed by atoms with E-state index < -0.39 is 0 Å². The minimum Gasteiger partial charge on any atom is -0.364 e. The highest BCUT2D eigenvalue weighted by atomic mass is 15.3. The SMILES string of the molecule is CCN1CCC(Nc2nccn3cnnc23)CC1. The molecule has 0 saturated carbocycles. The summed E-state index contributed by atoms with van der Waals surface area (Å²) in [5.41, 5.74) is 0.801. The summed E-state index contributed by atoms with van der Waals surface area (Å²) < 4.78 is 1.89. The third-order valence-corrected chi connectivity index (χ3v) is 3.59. The average molecular weight is 246 g/mol. The van der Waals surface area contributed by atoms with Gasteiger partial charge in [-0.2, -0.15) is 0 Å². The molecule has 0 spiro atoms. The van der Waals surface area contributed by atoms with Gasteiger partial charge in [0.05, 0.1) is 0 Å². The first-order valence-corrected chi connectivity index (χ1v) is 6.50. The summed E-state index contributed by atoms with van der Waals surface area (Å²) in [7, 11) is 0. The van der Waals surface area contributed by atoms with E-state index in [0.29, 0.717) is 6.04 Å². The van der Waals surface area contributed by atoms with Gasteiger partial charge in [-0.05, 0) is 19.4 Å². The Labute approximate surface area is 106 Å². The number of piperidine rings is 1. The van der Waals surface area contributed by atoms with E-state index in [-0.39, 0.29) is 0 Å². The molecule has 18 heavy (non-hydrogen) atoms. The third-order valence-electron chi connectivity index (χ3n) is 3.59. The van der Waals surface area contributed by atoms with Gasteiger partial charge in [-0.1, -0.05) is 6.92 Å². The van der Waals surface area contributed by atoms with Crippen molar-refractivity contribution in [1.29, 1.82) is 0 Å². The highest BCUT2D eigenvalue weighted by Crippen LogP contribution is 2.17. The van der Waals surface area contributed by atoms with Gasteiger partial charge in [0.25, 0.3) is 0 Å². The molecule has 6 heteroatoms. The summed E-state index contributed by atoms with van der Waals surface area (Å²) in [6.45, 7) is 5.67. The number of fused-ring (bicyclic) bond motifs is 1. The monoisotopic (exact) mass is 246 g/mol. The molecule has 0 aromatic carbocycles. The van der Waals surface area contributed by atoms with Crippen LogP contribution in [0.15, 0.2) is 18.7 Å². The van der Waals surface area contributed by atoms with Gasteiger partial charge in [0.2, 0.25) is 5.65 Å². The minimum absolute atomic E-state index is 0.489. The second-order valence-electron chi connectivity index (χ2n) is 4.69. The largest absolute Gasteiger partial charge is 0.364 e. The molecule has 96 valence electrons. The van der Waals surface area contributed by atoms with Crippen LogP contribution in [0.2, 0.25) is 0 Å². The van der Waals surface area contributed by atoms with Gasteiger partial charge in [-0.15, -0.1) is 10.2 Å². The van der Waals surface area contributed by atoms with Crippen LogP contribution in [0.1, 0.15) is 19.8 Å². The van der Waals surface area contributed by atoms with Crippen LogP contribution in [0.3, 0.4) is 0 Å². The number of nitrogens with one attached hydrogen (secondary N) is 1.